The van der Waals surface area contributed by atoms with Crippen LogP contribution in [0, 0.1) is 0 Å². The van der Waals surface area contributed by atoms with E-state index in [0.29, 0.717) is 28.5 Å². The number of anilines is 1. The summed E-state index contributed by atoms with van der Waals surface area (Å²) < 4.78 is 16.1. The Morgan fingerprint density at radius 1 is 0.727 bits per heavy atom. The highest BCUT2D eigenvalue weighted by atomic mass is 16.5. The number of para-hydroxylation sites is 1. The number of ether oxygens (including phenoxy) is 3. The molecule has 0 aromatic heterocycles. The van der Waals surface area contributed by atoms with Crippen molar-refractivity contribution < 1.29 is 23.8 Å². The maximum atomic E-state index is 13.5. The average Bonchev–Trinajstić information content (AvgIpc) is 3.08. The van der Waals surface area contributed by atoms with E-state index >= 15 is 0 Å². The maximum Gasteiger partial charge on any atom is 0.278 e. The van der Waals surface area contributed by atoms with Crippen LogP contribution in [0.3, 0.4) is 0 Å². The number of carbonyl (C=O) groups excluding carboxylic acids is 2. The number of methoxy groups -OCH3 is 3. The van der Waals surface area contributed by atoms with Gasteiger partial charge in [-0.3, -0.25) is 14.5 Å². The van der Waals surface area contributed by atoms with E-state index in [0.717, 1.165) is 5.56 Å². The first-order valence-electron chi connectivity index (χ1n) is 10.3. The minimum Gasteiger partial charge on any atom is -0.496 e. The Morgan fingerprint density at radius 2 is 1.39 bits per heavy atom. The van der Waals surface area contributed by atoms with Gasteiger partial charge in [0.2, 0.25) is 0 Å². The normalized spacial score (nSPS) is 13.4. The zero-order valence-electron chi connectivity index (χ0n) is 18.6. The molecule has 2 amide bonds. The van der Waals surface area contributed by atoms with Gasteiger partial charge in [0.1, 0.15) is 11.4 Å². The number of imide groups is 1. The fourth-order valence-corrected chi connectivity index (χ4v) is 3.76. The van der Waals surface area contributed by atoms with Gasteiger partial charge < -0.3 is 19.5 Å². The number of amides is 2. The van der Waals surface area contributed by atoms with Gasteiger partial charge in [-0.25, -0.2) is 0 Å². The molecular formula is C26H24N2O5. The fraction of sp³-hybridized carbons (Fsp3) is 0.154. The van der Waals surface area contributed by atoms with Crippen molar-refractivity contribution in [1.82, 2.24) is 4.90 Å². The molecule has 7 nitrogen and oxygen atoms in total. The second kappa shape index (κ2) is 9.48. The standard InChI is InChI=1S/C26H24N2O5/c1-31-20-12-8-7-11-19(20)23-24(27-18-13-14-21(32-2)22(15-18)33-3)26(30)28(25(23)29)16-17-9-5-4-6-10-17/h4-15,27H,16H2,1-3H3. The number of nitrogens with zero attached hydrogens (tertiary/aromatic N) is 1. The quantitative estimate of drug-likeness (QED) is 0.527. The Bertz CT molecular complexity index is 1220. The third kappa shape index (κ3) is 4.25. The first-order valence-corrected chi connectivity index (χ1v) is 10.3. The third-order valence-electron chi connectivity index (χ3n) is 5.38. The van der Waals surface area contributed by atoms with Crippen LogP contribution >= 0.6 is 0 Å². The average molecular weight is 444 g/mol. The van der Waals surface area contributed by atoms with E-state index < -0.39 is 11.8 Å². The van der Waals surface area contributed by atoms with Crippen LogP contribution in [0.4, 0.5) is 5.69 Å². The molecular weight excluding hydrogens is 420 g/mol. The molecule has 33 heavy (non-hydrogen) atoms. The summed E-state index contributed by atoms with van der Waals surface area (Å²) in [5.74, 6) is 0.749. The lowest BCUT2D eigenvalue weighted by atomic mass is 10.0. The van der Waals surface area contributed by atoms with Crippen LogP contribution in [0.15, 0.2) is 78.5 Å². The monoisotopic (exact) mass is 444 g/mol. The van der Waals surface area contributed by atoms with Crippen molar-refractivity contribution in [3.05, 3.63) is 89.6 Å². The van der Waals surface area contributed by atoms with E-state index in [2.05, 4.69) is 5.32 Å². The lowest BCUT2D eigenvalue weighted by Crippen LogP contribution is -2.32. The summed E-state index contributed by atoms with van der Waals surface area (Å²) in [6.07, 6.45) is 0. The van der Waals surface area contributed by atoms with Gasteiger partial charge in [0.05, 0.1) is 33.4 Å². The molecule has 0 saturated heterocycles. The number of nitrogens with one attached hydrogen (secondary N) is 1. The van der Waals surface area contributed by atoms with E-state index in [1.54, 1.807) is 43.5 Å². The van der Waals surface area contributed by atoms with E-state index in [1.165, 1.54) is 19.1 Å². The van der Waals surface area contributed by atoms with Crippen molar-refractivity contribution in [2.24, 2.45) is 0 Å². The molecule has 0 fully saturated rings. The molecule has 3 aromatic rings. The van der Waals surface area contributed by atoms with Gasteiger partial charge in [-0.15, -0.1) is 0 Å². The maximum absolute atomic E-state index is 13.5. The van der Waals surface area contributed by atoms with Gasteiger partial charge in [0.25, 0.3) is 11.8 Å². The van der Waals surface area contributed by atoms with Crippen molar-refractivity contribution >= 4 is 23.1 Å². The summed E-state index contributed by atoms with van der Waals surface area (Å²) in [6, 6.07) is 21.7. The SMILES string of the molecule is COc1ccc(NC2=C(c3ccccc3OC)C(=O)N(Cc3ccccc3)C2=O)cc1OC. The highest BCUT2D eigenvalue weighted by Crippen LogP contribution is 2.37. The van der Waals surface area contributed by atoms with Crippen LogP contribution in [0.5, 0.6) is 17.2 Å². The summed E-state index contributed by atoms with van der Waals surface area (Å²) in [7, 11) is 4.62. The van der Waals surface area contributed by atoms with Gasteiger partial charge in [-0.05, 0) is 23.8 Å². The van der Waals surface area contributed by atoms with Crippen LogP contribution in [-0.4, -0.2) is 38.0 Å². The molecule has 0 saturated carbocycles. The molecule has 1 N–H and O–H groups in total. The molecule has 168 valence electrons. The molecule has 0 bridgehead atoms. The number of benzene rings is 3. The molecule has 0 atom stereocenters. The molecule has 1 aliphatic heterocycles. The van der Waals surface area contributed by atoms with E-state index in [-0.39, 0.29) is 17.8 Å². The Morgan fingerprint density at radius 3 is 2.09 bits per heavy atom. The molecule has 7 heteroatoms. The Balaban J connectivity index is 1.79. The number of hydrogen-bond donors (Lipinski definition) is 1. The van der Waals surface area contributed by atoms with Gasteiger partial charge in [0.15, 0.2) is 11.5 Å². The molecule has 3 aromatic carbocycles. The van der Waals surface area contributed by atoms with Gasteiger partial charge in [-0.1, -0.05) is 48.5 Å². The van der Waals surface area contributed by atoms with Crippen molar-refractivity contribution in [1.29, 1.82) is 0 Å². The lowest BCUT2D eigenvalue weighted by Gasteiger charge is -2.16. The molecule has 0 aliphatic carbocycles. The highest BCUT2D eigenvalue weighted by Gasteiger charge is 2.40. The van der Waals surface area contributed by atoms with Gasteiger partial charge in [0, 0.05) is 17.3 Å². The van der Waals surface area contributed by atoms with Gasteiger partial charge >= 0.3 is 0 Å². The smallest absolute Gasteiger partial charge is 0.278 e. The zero-order chi connectivity index (χ0) is 23.4. The minimum absolute atomic E-state index is 0.161. The first kappa shape index (κ1) is 22.0. The summed E-state index contributed by atoms with van der Waals surface area (Å²) in [6.45, 7) is 0.161. The van der Waals surface area contributed by atoms with Crippen LogP contribution in [0.1, 0.15) is 11.1 Å². The summed E-state index contributed by atoms with van der Waals surface area (Å²) >= 11 is 0. The van der Waals surface area contributed by atoms with Crippen LogP contribution in [-0.2, 0) is 16.1 Å². The molecule has 4 rings (SSSR count). The van der Waals surface area contributed by atoms with Crippen molar-refractivity contribution in [2.45, 2.75) is 6.54 Å². The molecule has 0 unspecified atom stereocenters. The second-order valence-electron chi connectivity index (χ2n) is 7.33. The van der Waals surface area contributed by atoms with Crippen LogP contribution in [0.25, 0.3) is 5.57 Å². The van der Waals surface area contributed by atoms with Crippen molar-refractivity contribution in [3.63, 3.8) is 0 Å². The number of rotatable bonds is 8. The predicted molar refractivity (Wildman–Crippen MR) is 125 cm³/mol. The van der Waals surface area contributed by atoms with Crippen LogP contribution in [0.2, 0.25) is 0 Å². The Labute approximate surface area is 192 Å². The fourth-order valence-electron chi connectivity index (χ4n) is 3.76. The van der Waals surface area contributed by atoms with E-state index in [1.807, 2.05) is 36.4 Å². The molecule has 0 spiro atoms. The predicted octanol–water partition coefficient (Wildman–Crippen LogP) is 4.10. The Kier molecular flexibility index (Phi) is 6.31. The lowest BCUT2D eigenvalue weighted by molar-refractivity contribution is -0.137. The third-order valence-corrected chi connectivity index (χ3v) is 5.38. The van der Waals surface area contributed by atoms with Crippen LogP contribution < -0.4 is 19.5 Å². The highest BCUT2D eigenvalue weighted by molar-refractivity contribution is 6.36. The number of hydrogen-bond acceptors (Lipinski definition) is 6. The van der Waals surface area contributed by atoms with E-state index in [4.69, 9.17) is 14.2 Å². The first-order chi connectivity index (χ1) is 16.1. The number of carbonyl (C=O) groups is 2. The molecule has 1 heterocycles. The second-order valence-corrected chi connectivity index (χ2v) is 7.33. The van der Waals surface area contributed by atoms with Gasteiger partial charge in [-0.2, -0.15) is 0 Å². The molecule has 0 radical (unpaired) electrons. The van der Waals surface area contributed by atoms with Crippen molar-refractivity contribution in [2.75, 3.05) is 26.6 Å². The summed E-state index contributed by atoms with van der Waals surface area (Å²) in [4.78, 5) is 28.2. The van der Waals surface area contributed by atoms with Crippen molar-refractivity contribution in [3.8, 4) is 17.2 Å². The minimum atomic E-state index is -0.417. The topological polar surface area (TPSA) is 77.1 Å². The summed E-state index contributed by atoms with van der Waals surface area (Å²) in [5, 5.41) is 3.14. The Hall–Kier alpha value is -4.26. The summed E-state index contributed by atoms with van der Waals surface area (Å²) in [5.41, 5.74) is 2.40. The van der Waals surface area contributed by atoms with E-state index in [9.17, 15) is 9.59 Å². The molecule has 1 aliphatic rings. The largest absolute Gasteiger partial charge is 0.496 e. The zero-order valence-corrected chi connectivity index (χ0v) is 18.6.